The van der Waals surface area contributed by atoms with Gasteiger partial charge in [-0.15, -0.1) is 0 Å². The summed E-state index contributed by atoms with van der Waals surface area (Å²) in [4.78, 5) is 17.8. The van der Waals surface area contributed by atoms with E-state index in [1.165, 1.54) is 44.2 Å². The molecule has 1 aliphatic carbocycles. The minimum absolute atomic E-state index is 0.0256. The van der Waals surface area contributed by atoms with E-state index in [0.717, 1.165) is 18.5 Å². The zero-order chi connectivity index (χ0) is 18.8. The van der Waals surface area contributed by atoms with Gasteiger partial charge in [0.25, 0.3) is 0 Å². The average Bonchev–Trinajstić information content (AvgIpc) is 2.65. The Kier molecular flexibility index (Phi) is 8.38. The highest BCUT2D eigenvalue weighted by Gasteiger charge is 2.14. The van der Waals surface area contributed by atoms with Crippen LogP contribution in [0.25, 0.3) is 0 Å². The number of nitrogens with zero attached hydrogens (tertiary/aromatic N) is 2. The Bertz CT molecular complexity index is 580. The number of amides is 1. The first kappa shape index (κ1) is 20.2. The molecule has 1 aromatic carbocycles. The number of halogens is 1. The Labute approximate surface area is 156 Å². The van der Waals surface area contributed by atoms with Gasteiger partial charge in [0.2, 0.25) is 5.91 Å². The van der Waals surface area contributed by atoms with E-state index in [9.17, 15) is 9.18 Å². The second-order valence-corrected chi connectivity index (χ2v) is 7.14. The zero-order valence-electron chi connectivity index (χ0n) is 15.9. The first-order valence-electron chi connectivity index (χ1n) is 9.51. The van der Waals surface area contributed by atoms with Crippen molar-refractivity contribution in [3.8, 4) is 0 Å². The maximum atomic E-state index is 13.0. The number of hydrogen-bond acceptors (Lipinski definition) is 2. The van der Waals surface area contributed by atoms with Crippen LogP contribution in [-0.2, 0) is 11.2 Å². The number of hydrogen-bond donors (Lipinski definition) is 2. The van der Waals surface area contributed by atoms with E-state index in [4.69, 9.17) is 0 Å². The number of benzene rings is 1. The summed E-state index contributed by atoms with van der Waals surface area (Å²) < 4.78 is 13.0. The van der Waals surface area contributed by atoms with Crippen molar-refractivity contribution in [2.75, 3.05) is 33.7 Å². The lowest BCUT2D eigenvalue weighted by molar-refractivity contribution is -0.127. The molecule has 0 unspecified atom stereocenters. The number of rotatable bonds is 7. The smallest absolute Gasteiger partial charge is 0.243 e. The molecule has 1 saturated carbocycles. The highest BCUT2D eigenvalue weighted by atomic mass is 19.1. The molecule has 0 aromatic heterocycles. The van der Waals surface area contributed by atoms with E-state index < -0.39 is 0 Å². The summed E-state index contributed by atoms with van der Waals surface area (Å²) in [5.74, 6) is 1.10. The molecule has 1 fully saturated rings. The van der Waals surface area contributed by atoms with Crippen LogP contribution < -0.4 is 10.6 Å². The monoisotopic (exact) mass is 362 g/mol. The van der Waals surface area contributed by atoms with Gasteiger partial charge in [-0.1, -0.05) is 31.4 Å². The van der Waals surface area contributed by atoms with Crippen LogP contribution in [-0.4, -0.2) is 50.5 Å². The minimum Gasteiger partial charge on any atom is -0.356 e. The van der Waals surface area contributed by atoms with Crippen molar-refractivity contribution >= 4 is 11.9 Å². The van der Waals surface area contributed by atoms with Crippen molar-refractivity contribution in [2.24, 2.45) is 10.9 Å². The van der Waals surface area contributed by atoms with Gasteiger partial charge in [-0.2, -0.15) is 0 Å². The highest BCUT2D eigenvalue weighted by Crippen LogP contribution is 2.22. The third-order valence-electron chi connectivity index (χ3n) is 4.77. The summed E-state index contributed by atoms with van der Waals surface area (Å²) in [6, 6.07) is 6.53. The van der Waals surface area contributed by atoms with Crippen molar-refractivity contribution in [3.63, 3.8) is 0 Å². The molecule has 0 spiro atoms. The van der Waals surface area contributed by atoms with E-state index in [1.807, 2.05) is 0 Å². The summed E-state index contributed by atoms with van der Waals surface area (Å²) in [7, 11) is 3.46. The molecule has 2 N–H and O–H groups in total. The fourth-order valence-electron chi connectivity index (χ4n) is 3.07. The Morgan fingerprint density at radius 3 is 2.50 bits per heavy atom. The lowest BCUT2D eigenvalue weighted by Crippen LogP contribution is -2.41. The third-order valence-corrected chi connectivity index (χ3v) is 4.77. The van der Waals surface area contributed by atoms with Crippen molar-refractivity contribution < 1.29 is 9.18 Å². The van der Waals surface area contributed by atoms with E-state index in [0.29, 0.717) is 18.4 Å². The average molecular weight is 362 g/mol. The van der Waals surface area contributed by atoms with Gasteiger partial charge in [0, 0.05) is 27.2 Å². The molecule has 144 valence electrons. The van der Waals surface area contributed by atoms with Crippen molar-refractivity contribution in [2.45, 2.75) is 38.5 Å². The SMILES string of the molecule is CN(C)C(=O)CN=C(NCCc1ccc(F)cc1)NCC1CCCCC1. The van der Waals surface area contributed by atoms with E-state index in [1.54, 1.807) is 31.1 Å². The largest absolute Gasteiger partial charge is 0.356 e. The Hall–Kier alpha value is -2.11. The molecule has 2 rings (SSSR count). The number of carbonyl (C=O) groups excluding carboxylic acids is 1. The van der Waals surface area contributed by atoms with E-state index >= 15 is 0 Å². The second kappa shape index (κ2) is 10.8. The zero-order valence-corrected chi connectivity index (χ0v) is 15.9. The fraction of sp³-hybridized carbons (Fsp3) is 0.600. The summed E-state index contributed by atoms with van der Waals surface area (Å²) in [6.45, 7) is 1.69. The fourth-order valence-corrected chi connectivity index (χ4v) is 3.07. The molecular weight excluding hydrogens is 331 g/mol. The van der Waals surface area contributed by atoms with Gasteiger partial charge in [-0.3, -0.25) is 4.79 Å². The van der Waals surface area contributed by atoms with Gasteiger partial charge in [-0.25, -0.2) is 9.38 Å². The Morgan fingerprint density at radius 2 is 1.85 bits per heavy atom. The molecule has 26 heavy (non-hydrogen) atoms. The normalized spacial score (nSPS) is 15.6. The van der Waals surface area contributed by atoms with Gasteiger partial charge in [0.05, 0.1) is 0 Å². The number of carbonyl (C=O) groups is 1. The molecule has 1 aromatic rings. The minimum atomic E-state index is -0.222. The van der Waals surface area contributed by atoms with Crippen LogP contribution in [0.2, 0.25) is 0 Å². The maximum absolute atomic E-state index is 13.0. The maximum Gasteiger partial charge on any atom is 0.243 e. The summed E-state index contributed by atoms with van der Waals surface area (Å²) in [5, 5.41) is 6.68. The lowest BCUT2D eigenvalue weighted by atomic mass is 9.89. The van der Waals surface area contributed by atoms with Gasteiger partial charge >= 0.3 is 0 Å². The topological polar surface area (TPSA) is 56.7 Å². The van der Waals surface area contributed by atoms with Crippen LogP contribution in [0.5, 0.6) is 0 Å². The van der Waals surface area contributed by atoms with Gasteiger partial charge in [0.15, 0.2) is 5.96 Å². The molecule has 0 bridgehead atoms. The molecule has 6 heteroatoms. The highest BCUT2D eigenvalue weighted by molar-refractivity contribution is 5.84. The number of guanidine groups is 1. The Balaban J connectivity index is 1.84. The molecule has 0 saturated heterocycles. The summed E-state index contributed by atoms with van der Waals surface area (Å²) in [5.41, 5.74) is 1.06. The quantitative estimate of drug-likeness (QED) is 0.579. The third kappa shape index (κ3) is 7.42. The molecule has 5 nitrogen and oxygen atoms in total. The number of likely N-dealkylation sites (N-methyl/N-ethyl adjacent to an activating group) is 1. The molecule has 0 atom stereocenters. The van der Waals surface area contributed by atoms with Crippen LogP contribution in [0.15, 0.2) is 29.3 Å². The molecule has 1 aliphatic rings. The van der Waals surface area contributed by atoms with Crippen molar-refractivity contribution in [1.29, 1.82) is 0 Å². The van der Waals surface area contributed by atoms with Gasteiger partial charge in [0.1, 0.15) is 12.4 Å². The predicted octanol–water partition coefficient (Wildman–Crippen LogP) is 2.57. The van der Waals surface area contributed by atoms with E-state index in [-0.39, 0.29) is 18.3 Å². The van der Waals surface area contributed by atoms with Crippen LogP contribution in [0.3, 0.4) is 0 Å². The van der Waals surface area contributed by atoms with Crippen LogP contribution in [0, 0.1) is 11.7 Å². The molecule has 1 amide bonds. The van der Waals surface area contributed by atoms with Crippen molar-refractivity contribution in [1.82, 2.24) is 15.5 Å². The summed E-state index contributed by atoms with van der Waals surface area (Å²) >= 11 is 0. The van der Waals surface area contributed by atoms with Crippen molar-refractivity contribution in [3.05, 3.63) is 35.6 Å². The summed E-state index contributed by atoms with van der Waals surface area (Å²) in [6.07, 6.45) is 7.22. The number of nitrogens with one attached hydrogen (secondary N) is 2. The van der Waals surface area contributed by atoms with Crippen LogP contribution in [0.1, 0.15) is 37.7 Å². The van der Waals surface area contributed by atoms with E-state index in [2.05, 4.69) is 15.6 Å². The number of aliphatic imine (C=N–C) groups is 1. The predicted molar refractivity (Wildman–Crippen MR) is 104 cm³/mol. The molecule has 0 aliphatic heterocycles. The molecule has 0 radical (unpaired) electrons. The standard InChI is InChI=1S/C20H31FN4O/c1-25(2)19(26)15-24-20(23-14-17-6-4-3-5-7-17)22-13-12-16-8-10-18(21)11-9-16/h8-11,17H,3-7,12-15H2,1-2H3,(H2,22,23,24). The molecule has 0 heterocycles. The van der Waals surface area contributed by atoms with Gasteiger partial charge < -0.3 is 15.5 Å². The first-order chi connectivity index (χ1) is 12.5. The first-order valence-corrected chi connectivity index (χ1v) is 9.51. The Morgan fingerprint density at radius 1 is 1.15 bits per heavy atom. The second-order valence-electron chi connectivity index (χ2n) is 7.14. The van der Waals surface area contributed by atoms with Crippen LogP contribution >= 0.6 is 0 Å². The van der Waals surface area contributed by atoms with Gasteiger partial charge in [-0.05, 0) is 42.9 Å². The lowest BCUT2D eigenvalue weighted by Gasteiger charge is -2.23. The van der Waals surface area contributed by atoms with Crippen LogP contribution in [0.4, 0.5) is 4.39 Å². The molecular formula is C20H31FN4O.